The largest absolute Gasteiger partial charge is 0.494 e. The second kappa shape index (κ2) is 12.3. The number of ether oxygens (including phenoxy) is 1. The molecule has 3 aromatic rings. The summed E-state index contributed by atoms with van der Waals surface area (Å²) in [5.41, 5.74) is 2.90. The van der Waals surface area contributed by atoms with Crippen molar-refractivity contribution in [3.05, 3.63) is 84.4 Å². The van der Waals surface area contributed by atoms with Gasteiger partial charge in [-0.2, -0.15) is 0 Å². The van der Waals surface area contributed by atoms with Crippen LogP contribution in [0.25, 0.3) is 0 Å². The number of rotatable bonds is 11. The normalized spacial score (nSPS) is 10.4. The van der Waals surface area contributed by atoms with Crippen LogP contribution in [0.2, 0.25) is 0 Å². The molecule has 0 aliphatic carbocycles. The Morgan fingerprint density at radius 3 is 2.15 bits per heavy atom. The summed E-state index contributed by atoms with van der Waals surface area (Å²) < 4.78 is 5.65. The minimum Gasteiger partial charge on any atom is -0.494 e. The van der Waals surface area contributed by atoms with E-state index in [-0.39, 0.29) is 18.4 Å². The number of carbonyl (C=O) groups is 2. The second-order valence-electron chi connectivity index (χ2n) is 7.59. The number of anilines is 3. The number of amides is 2. The highest BCUT2D eigenvalue weighted by atomic mass is 16.5. The number of carbonyl (C=O) groups excluding carboxylic acids is 2. The molecule has 0 unspecified atom stereocenters. The average Bonchev–Trinajstić information content (AvgIpc) is 2.85. The monoisotopic (exact) mass is 445 g/mol. The van der Waals surface area contributed by atoms with Gasteiger partial charge in [0.2, 0.25) is 5.91 Å². The van der Waals surface area contributed by atoms with Crippen LogP contribution < -0.4 is 20.3 Å². The van der Waals surface area contributed by atoms with Gasteiger partial charge < -0.3 is 20.3 Å². The van der Waals surface area contributed by atoms with Crippen molar-refractivity contribution in [1.29, 1.82) is 0 Å². The van der Waals surface area contributed by atoms with E-state index in [0.717, 1.165) is 30.0 Å². The molecule has 0 saturated heterocycles. The quantitative estimate of drug-likeness (QED) is 0.378. The van der Waals surface area contributed by atoms with Gasteiger partial charge in [-0.05, 0) is 74.0 Å². The van der Waals surface area contributed by atoms with E-state index in [2.05, 4.69) is 17.6 Å². The summed E-state index contributed by atoms with van der Waals surface area (Å²) in [6, 6.07) is 24.1. The lowest BCUT2D eigenvalue weighted by atomic mass is 10.1. The number of unbranched alkanes of at least 4 members (excludes halogenated alkanes) is 1. The molecule has 0 bridgehead atoms. The molecular formula is C27H31N3O3. The number of para-hydroxylation sites is 1. The number of hydrogen-bond donors (Lipinski definition) is 2. The van der Waals surface area contributed by atoms with Crippen molar-refractivity contribution in [2.24, 2.45) is 0 Å². The highest BCUT2D eigenvalue weighted by molar-refractivity contribution is 6.06. The summed E-state index contributed by atoms with van der Waals surface area (Å²) in [5.74, 6) is 0.573. The van der Waals surface area contributed by atoms with Gasteiger partial charge in [0.15, 0.2) is 0 Å². The van der Waals surface area contributed by atoms with E-state index >= 15 is 0 Å². The number of nitrogens with zero attached hydrogens (tertiary/aromatic N) is 1. The molecule has 0 heterocycles. The summed E-state index contributed by atoms with van der Waals surface area (Å²) in [7, 11) is 0. The first-order chi connectivity index (χ1) is 16.1. The van der Waals surface area contributed by atoms with E-state index in [4.69, 9.17) is 4.74 Å². The van der Waals surface area contributed by atoms with Gasteiger partial charge in [0.25, 0.3) is 5.91 Å². The first-order valence-electron chi connectivity index (χ1n) is 11.3. The molecule has 0 aliphatic heterocycles. The van der Waals surface area contributed by atoms with Crippen LogP contribution in [-0.4, -0.2) is 31.5 Å². The molecule has 0 fully saturated rings. The van der Waals surface area contributed by atoms with Crippen LogP contribution in [0.4, 0.5) is 17.1 Å². The van der Waals surface area contributed by atoms with Crippen molar-refractivity contribution in [3.63, 3.8) is 0 Å². The van der Waals surface area contributed by atoms with Crippen LogP contribution in [0.1, 0.15) is 37.0 Å². The van der Waals surface area contributed by atoms with Gasteiger partial charge in [0.1, 0.15) is 5.75 Å². The zero-order chi connectivity index (χ0) is 23.5. The molecule has 0 aliphatic rings. The summed E-state index contributed by atoms with van der Waals surface area (Å²) in [5, 5.41) is 5.95. The number of nitrogens with one attached hydrogen (secondary N) is 2. The molecule has 0 saturated carbocycles. The van der Waals surface area contributed by atoms with E-state index in [9.17, 15) is 9.59 Å². The maximum atomic E-state index is 12.9. The van der Waals surface area contributed by atoms with E-state index in [1.807, 2.05) is 61.5 Å². The summed E-state index contributed by atoms with van der Waals surface area (Å²) in [6.45, 7) is 5.48. The van der Waals surface area contributed by atoms with Gasteiger partial charge in [0.05, 0.1) is 13.2 Å². The molecule has 3 aromatic carbocycles. The Hall–Kier alpha value is -3.80. The van der Waals surface area contributed by atoms with Gasteiger partial charge >= 0.3 is 0 Å². The van der Waals surface area contributed by atoms with E-state index < -0.39 is 0 Å². The predicted molar refractivity (Wildman–Crippen MR) is 134 cm³/mol. The Morgan fingerprint density at radius 1 is 0.848 bits per heavy atom. The second-order valence-corrected chi connectivity index (χ2v) is 7.59. The lowest BCUT2D eigenvalue weighted by molar-refractivity contribution is -0.114. The van der Waals surface area contributed by atoms with Crippen molar-refractivity contribution in [2.45, 2.75) is 26.7 Å². The minimum atomic E-state index is -0.170. The fourth-order valence-corrected chi connectivity index (χ4v) is 3.29. The topological polar surface area (TPSA) is 70.7 Å². The maximum Gasteiger partial charge on any atom is 0.258 e. The molecular weight excluding hydrogens is 414 g/mol. The summed E-state index contributed by atoms with van der Waals surface area (Å²) >= 11 is 0. The van der Waals surface area contributed by atoms with E-state index in [1.54, 1.807) is 29.2 Å². The molecule has 0 atom stereocenters. The molecule has 0 spiro atoms. The third kappa shape index (κ3) is 7.10. The van der Waals surface area contributed by atoms with Gasteiger partial charge in [-0.3, -0.25) is 9.59 Å². The highest BCUT2D eigenvalue weighted by Gasteiger charge is 2.15. The molecule has 0 radical (unpaired) electrons. The molecule has 172 valence electrons. The van der Waals surface area contributed by atoms with Gasteiger partial charge in [-0.15, -0.1) is 0 Å². The lowest BCUT2D eigenvalue weighted by Gasteiger charge is -2.21. The van der Waals surface area contributed by atoms with Crippen molar-refractivity contribution in [3.8, 4) is 5.75 Å². The SMILES string of the molecule is CCCCOc1ccc(NCC(=O)Nc2ccc(C(=O)N(CC)c3ccccc3)cc2)cc1. The van der Waals surface area contributed by atoms with Crippen LogP contribution in [0.15, 0.2) is 78.9 Å². The zero-order valence-corrected chi connectivity index (χ0v) is 19.2. The molecule has 2 amide bonds. The van der Waals surface area contributed by atoms with Crippen molar-refractivity contribution < 1.29 is 14.3 Å². The van der Waals surface area contributed by atoms with E-state index in [0.29, 0.717) is 24.4 Å². The molecule has 3 rings (SSSR count). The van der Waals surface area contributed by atoms with Crippen molar-refractivity contribution >= 4 is 28.9 Å². The van der Waals surface area contributed by atoms with Gasteiger partial charge in [-0.25, -0.2) is 0 Å². The Labute approximate surface area is 195 Å². The number of hydrogen-bond acceptors (Lipinski definition) is 4. The molecule has 0 aromatic heterocycles. The Morgan fingerprint density at radius 2 is 1.52 bits per heavy atom. The maximum absolute atomic E-state index is 12.9. The summed E-state index contributed by atoms with van der Waals surface area (Å²) in [6.07, 6.45) is 2.12. The Balaban J connectivity index is 1.50. The standard InChI is InChI=1S/C27H31N3O3/c1-3-5-19-33-25-17-15-22(16-18-25)28-20-26(31)29-23-13-11-21(12-14-23)27(32)30(4-2)24-9-7-6-8-10-24/h6-18,28H,3-5,19-20H2,1-2H3,(H,29,31). The molecule has 33 heavy (non-hydrogen) atoms. The van der Waals surface area contributed by atoms with Crippen molar-refractivity contribution in [2.75, 3.05) is 35.2 Å². The van der Waals surface area contributed by atoms with Crippen LogP contribution in [0.5, 0.6) is 5.75 Å². The smallest absolute Gasteiger partial charge is 0.258 e. The third-order valence-corrected chi connectivity index (χ3v) is 5.12. The summed E-state index contributed by atoms with van der Waals surface area (Å²) in [4.78, 5) is 26.9. The lowest BCUT2D eigenvalue weighted by Crippen LogP contribution is -2.30. The molecule has 6 nitrogen and oxygen atoms in total. The Bertz CT molecular complexity index is 1020. The zero-order valence-electron chi connectivity index (χ0n) is 19.2. The fraction of sp³-hybridized carbons (Fsp3) is 0.259. The minimum absolute atomic E-state index is 0.0784. The molecule has 2 N–H and O–H groups in total. The fourth-order valence-electron chi connectivity index (χ4n) is 3.29. The highest BCUT2D eigenvalue weighted by Crippen LogP contribution is 2.19. The predicted octanol–water partition coefficient (Wildman–Crippen LogP) is 5.58. The molecule has 6 heteroatoms. The van der Waals surface area contributed by atoms with E-state index in [1.165, 1.54) is 0 Å². The number of benzene rings is 3. The third-order valence-electron chi connectivity index (χ3n) is 5.12. The Kier molecular flexibility index (Phi) is 8.88. The first kappa shape index (κ1) is 23.9. The van der Waals surface area contributed by atoms with Crippen LogP contribution in [0.3, 0.4) is 0 Å². The van der Waals surface area contributed by atoms with Crippen LogP contribution in [-0.2, 0) is 4.79 Å². The van der Waals surface area contributed by atoms with Crippen molar-refractivity contribution in [1.82, 2.24) is 0 Å². The van der Waals surface area contributed by atoms with Gasteiger partial charge in [-0.1, -0.05) is 31.5 Å². The van der Waals surface area contributed by atoms with Crippen LogP contribution >= 0.6 is 0 Å². The average molecular weight is 446 g/mol. The first-order valence-corrected chi connectivity index (χ1v) is 11.3. The van der Waals surface area contributed by atoms with Crippen LogP contribution in [0, 0.1) is 0 Å². The van der Waals surface area contributed by atoms with Gasteiger partial charge in [0, 0.05) is 29.2 Å².